The SMILES string of the molecule is CCSC1CCC(NC(=O)c2sc3nccnc3c2N)C1. The molecule has 0 aromatic carbocycles. The second-order valence-electron chi connectivity index (χ2n) is 5.12. The minimum absolute atomic E-state index is 0.0931. The highest BCUT2D eigenvalue weighted by molar-refractivity contribution is 7.99. The fourth-order valence-electron chi connectivity index (χ4n) is 2.72. The molecule has 1 amide bonds. The number of amides is 1. The van der Waals surface area contributed by atoms with Gasteiger partial charge in [-0.3, -0.25) is 4.79 Å². The van der Waals surface area contributed by atoms with Gasteiger partial charge in [-0.15, -0.1) is 11.3 Å². The standard InChI is InChI=1S/C14H18N4OS2/c1-2-20-9-4-3-8(7-9)18-13(19)12-10(15)11-14(21-12)17-6-5-16-11/h5-6,8-9H,2-4,7,15H2,1H3,(H,18,19). The number of aromatic nitrogens is 2. The first kappa shape index (κ1) is 14.6. The molecule has 1 saturated carbocycles. The second kappa shape index (κ2) is 6.19. The average molecular weight is 322 g/mol. The molecule has 2 heterocycles. The highest BCUT2D eigenvalue weighted by Gasteiger charge is 2.27. The van der Waals surface area contributed by atoms with Gasteiger partial charge in [-0.25, -0.2) is 9.97 Å². The molecule has 3 N–H and O–H groups in total. The van der Waals surface area contributed by atoms with Crippen molar-refractivity contribution in [3.05, 3.63) is 17.3 Å². The van der Waals surface area contributed by atoms with E-state index in [0.717, 1.165) is 18.6 Å². The van der Waals surface area contributed by atoms with Crippen molar-refractivity contribution in [3.8, 4) is 0 Å². The fraction of sp³-hybridized carbons (Fsp3) is 0.500. The van der Waals surface area contributed by atoms with E-state index in [2.05, 4.69) is 22.2 Å². The number of hydrogen-bond acceptors (Lipinski definition) is 6. The van der Waals surface area contributed by atoms with E-state index in [4.69, 9.17) is 5.73 Å². The van der Waals surface area contributed by atoms with Gasteiger partial charge in [0.1, 0.15) is 15.2 Å². The molecule has 5 nitrogen and oxygen atoms in total. The molecule has 0 bridgehead atoms. The Bertz CT molecular complexity index is 657. The Labute approximate surface area is 131 Å². The highest BCUT2D eigenvalue weighted by atomic mass is 32.2. The van der Waals surface area contributed by atoms with Crippen molar-refractivity contribution in [2.45, 2.75) is 37.5 Å². The number of hydrogen-bond donors (Lipinski definition) is 2. The van der Waals surface area contributed by atoms with Crippen molar-refractivity contribution in [2.24, 2.45) is 0 Å². The number of carbonyl (C=O) groups excluding carboxylic acids is 1. The quantitative estimate of drug-likeness (QED) is 0.904. The van der Waals surface area contributed by atoms with E-state index in [-0.39, 0.29) is 11.9 Å². The lowest BCUT2D eigenvalue weighted by Gasteiger charge is -2.12. The molecule has 1 fully saturated rings. The summed E-state index contributed by atoms with van der Waals surface area (Å²) in [7, 11) is 0. The first-order valence-corrected chi connectivity index (χ1v) is 8.97. The van der Waals surface area contributed by atoms with Gasteiger partial charge in [0.25, 0.3) is 5.91 Å². The number of nitrogens with one attached hydrogen (secondary N) is 1. The zero-order chi connectivity index (χ0) is 14.8. The Balaban J connectivity index is 1.71. The minimum atomic E-state index is -0.0931. The number of nitrogens with zero attached hydrogens (tertiary/aromatic N) is 2. The van der Waals surface area contributed by atoms with Gasteiger partial charge in [-0.05, 0) is 25.0 Å². The minimum Gasteiger partial charge on any atom is -0.396 e. The molecule has 0 radical (unpaired) electrons. The molecular formula is C14H18N4OS2. The maximum absolute atomic E-state index is 12.4. The number of nitrogen functional groups attached to an aromatic ring is 1. The maximum atomic E-state index is 12.4. The third kappa shape index (κ3) is 2.98. The van der Waals surface area contributed by atoms with Gasteiger partial charge in [-0.2, -0.15) is 11.8 Å². The smallest absolute Gasteiger partial charge is 0.263 e. The predicted octanol–water partition coefficient (Wildman–Crippen LogP) is 2.68. The lowest BCUT2D eigenvalue weighted by Crippen LogP contribution is -2.33. The lowest BCUT2D eigenvalue weighted by atomic mass is 10.2. The monoisotopic (exact) mass is 322 g/mol. The van der Waals surface area contributed by atoms with Crippen LogP contribution in [0.3, 0.4) is 0 Å². The summed E-state index contributed by atoms with van der Waals surface area (Å²) in [6.45, 7) is 2.18. The lowest BCUT2D eigenvalue weighted by molar-refractivity contribution is 0.0943. The molecule has 0 saturated heterocycles. The largest absolute Gasteiger partial charge is 0.396 e. The number of carbonyl (C=O) groups is 1. The molecule has 0 aliphatic heterocycles. The van der Waals surface area contributed by atoms with Crippen LogP contribution in [0.5, 0.6) is 0 Å². The van der Waals surface area contributed by atoms with Gasteiger partial charge in [0.15, 0.2) is 0 Å². The number of thiophene rings is 1. The number of nitrogens with two attached hydrogens (primary N) is 1. The van der Waals surface area contributed by atoms with Crippen molar-refractivity contribution in [2.75, 3.05) is 11.5 Å². The first-order valence-electron chi connectivity index (χ1n) is 7.10. The third-order valence-corrected chi connectivity index (χ3v) is 6.03. The number of fused-ring (bicyclic) bond motifs is 1. The van der Waals surface area contributed by atoms with E-state index in [9.17, 15) is 4.79 Å². The van der Waals surface area contributed by atoms with Gasteiger partial charge >= 0.3 is 0 Å². The molecule has 21 heavy (non-hydrogen) atoms. The zero-order valence-corrected chi connectivity index (χ0v) is 13.5. The fourth-order valence-corrected chi connectivity index (χ4v) is 4.79. The van der Waals surface area contributed by atoms with Crippen molar-refractivity contribution >= 4 is 45.0 Å². The summed E-state index contributed by atoms with van der Waals surface area (Å²) >= 11 is 3.29. The third-order valence-electron chi connectivity index (χ3n) is 3.69. The van der Waals surface area contributed by atoms with E-state index >= 15 is 0 Å². The van der Waals surface area contributed by atoms with Crippen LogP contribution in [0.4, 0.5) is 5.69 Å². The topological polar surface area (TPSA) is 80.9 Å². The van der Waals surface area contributed by atoms with Crippen LogP contribution in [0.25, 0.3) is 10.3 Å². The van der Waals surface area contributed by atoms with Crippen molar-refractivity contribution in [1.29, 1.82) is 0 Å². The van der Waals surface area contributed by atoms with E-state index in [1.165, 1.54) is 17.8 Å². The molecular weight excluding hydrogens is 304 g/mol. The van der Waals surface area contributed by atoms with Crippen LogP contribution in [0.15, 0.2) is 12.4 Å². The summed E-state index contributed by atoms with van der Waals surface area (Å²) in [4.78, 5) is 22.1. The van der Waals surface area contributed by atoms with Crippen LogP contribution in [-0.2, 0) is 0 Å². The summed E-state index contributed by atoms with van der Waals surface area (Å²) in [5.74, 6) is 1.04. The molecule has 112 valence electrons. The van der Waals surface area contributed by atoms with Crippen molar-refractivity contribution in [3.63, 3.8) is 0 Å². The normalized spacial score (nSPS) is 21.8. The molecule has 2 aromatic heterocycles. The van der Waals surface area contributed by atoms with Crippen LogP contribution in [0.1, 0.15) is 35.9 Å². The first-order chi connectivity index (χ1) is 10.2. The molecule has 2 atom stereocenters. The maximum Gasteiger partial charge on any atom is 0.263 e. The molecule has 2 unspecified atom stereocenters. The van der Waals surface area contributed by atoms with Crippen molar-refractivity contribution in [1.82, 2.24) is 15.3 Å². The van der Waals surface area contributed by atoms with Gasteiger partial charge in [-0.1, -0.05) is 6.92 Å². The number of thioether (sulfide) groups is 1. The Morgan fingerprint density at radius 1 is 1.48 bits per heavy atom. The molecule has 1 aliphatic rings. The van der Waals surface area contributed by atoms with E-state index < -0.39 is 0 Å². The summed E-state index contributed by atoms with van der Waals surface area (Å²) in [6.07, 6.45) is 6.48. The molecule has 3 rings (SSSR count). The molecule has 1 aliphatic carbocycles. The predicted molar refractivity (Wildman–Crippen MR) is 88.9 cm³/mol. The Morgan fingerprint density at radius 2 is 2.29 bits per heavy atom. The van der Waals surface area contributed by atoms with Crippen LogP contribution in [-0.4, -0.2) is 32.9 Å². The number of rotatable bonds is 4. The summed E-state index contributed by atoms with van der Waals surface area (Å²) in [5.41, 5.74) is 7.10. The Morgan fingerprint density at radius 3 is 3.05 bits per heavy atom. The summed E-state index contributed by atoms with van der Waals surface area (Å²) in [5, 5.41) is 3.78. The van der Waals surface area contributed by atoms with Crippen LogP contribution >= 0.6 is 23.1 Å². The zero-order valence-electron chi connectivity index (χ0n) is 11.8. The van der Waals surface area contributed by atoms with Gasteiger partial charge < -0.3 is 11.1 Å². The van der Waals surface area contributed by atoms with E-state index in [1.54, 1.807) is 12.4 Å². The van der Waals surface area contributed by atoms with Gasteiger partial charge in [0.05, 0.1) is 5.69 Å². The summed E-state index contributed by atoms with van der Waals surface area (Å²) < 4.78 is 0. The average Bonchev–Trinajstić information content (AvgIpc) is 3.05. The van der Waals surface area contributed by atoms with Gasteiger partial charge in [0, 0.05) is 23.7 Å². The number of anilines is 1. The van der Waals surface area contributed by atoms with Crippen LogP contribution in [0.2, 0.25) is 0 Å². The summed E-state index contributed by atoms with van der Waals surface area (Å²) in [6, 6.07) is 0.257. The molecule has 2 aromatic rings. The van der Waals surface area contributed by atoms with Crippen LogP contribution in [0, 0.1) is 0 Å². The Kier molecular flexibility index (Phi) is 4.30. The Hall–Kier alpha value is -1.34. The highest BCUT2D eigenvalue weighted by Crippen LogP contribution is 2.32. The molecule has 7 heteroatoms. The van der Waals surface area contributed by atoms with E-state index in [0.29, 0.717) is 26.2 Å². The van der Waals surface area contributed by atoms with Crippen LogP contribution < -0.4 is 11.1 Å². The van der Waals surface area contributed by atoms with Gasteiger partial charge in [0.2, 0.25) is 0 Å². The van der Waals surface area contributed by atoms with Crippen molar-refractivity contribution < 1.29 is 4.79 Å². The van der Waals surface area contributed by atoms with E-state index in [1.807, 2.05) is 11.8 Å². The molecule has 0 spiro atoms. The second-order valence-corrected chi connectivity index (χ2v) is 7.69.